The molecule has 0 spiro atoms. The van der Waals surface area contributed by atoms with E-state index in [0.29, 0.717) is 64.7 Å². The van der Waals surface area contributed by atoms with Crippen LogP contribution in [0.3, 0.4) is 0 Å². The van der Waals surface area contributed by atoms with Crippen molar-refractivity contribution in [3.05, 3.63) is 35.9 Å². The zero-order valence-corrected chi connectivity index (χ0v) is 26.2. The van der Waals surface area contributed by atoms with Crippen LogP contribution in [0.15, 0.2) is 30.3 Å². The standard InChI is InChI=1S/C32H46N6O7/c1-21(2)18-24(28(40)34-19-27(33)39)35-29(41)25-10-6-14-37(25)30(42)23-12-16-36(17-13-23)31(43)26-11-7-15-38(26)32(44)45-20-22-8-4-3-5-9-22/h3-5,8-9,21,23-26H,6-7,10-20H2,1-2H3,(H2,33,39)(H,34,40)(H,35,41)/t24-,25?,26+/m1/s1. The van der Waals surface area contributed by atoms with Gasteiger partial charge >= 0.3 is 6.09 Å². The SMILES string of the molecule is CC(C)C[C@@H](NC(=O)C1CCCN1C(=O)C1CCN(C(=O)[C@@H]2CCCN2C(=O)OCc2ccccc2)CC1)C(=O)NCC(N)=O. The van der Waals surface area contributed by atoms with Crippen molar-refractivity contribution >= 4 is 35.6 Å². The van der Waals surface area contributed by atoms with E-state index in [1.54, 1.807) is 9.80 Å². The Kier molecular flexibility index (Phi) is 11.8. The molecule has 0 radical (unpaired) electrons. The number of likely N-dealkylation sites (tertiary alicyclic amines) is 3. The van der Waals surface area contributed by atoms with Crippen molar-refractivity contribution in [3.8, 4) is 0 Å². The topological polar surface area (TPSA) is 171 Å². The average molecular weight is 627 g/mol. The highest BCUT2D eigenvalue weighted by Gasteiger charge is 2.42. The van der Waals surface area contributed by atoms with Gasteiger partial charge in [-0.2, -0.15) is 0 Å². The van der Waals surface area contributed by atoms with Gasteiger partial charge in [0.15, 0.2) is 0 Å². The average Bonchev–Trinajstić information content (AvgIpc) is 3.73. The Bertz CT molecular complexity index is 1230. The van der Waals surface area contributed by atoms with Crippen molar-refractivity contribution in [2.75, 3.05) is 32.7 Å². The van der Waals surface area contributed by atoms with Gasteiger partial charge in [-0.1, -0.05) is 44.2 Å². The smallest absolute Gasteiger partial charge is 0.410 e. The molecule has 13 heteroatoms. The van der Waals surface area contributed by atoms with Crippen LogP contribution in [0.25, 0.3) is 0 Å². The van der Waals surface area contributed by atoms with Crippen molar-refractivity contribution in [2.45, 2.75) is 83.5 Å². The lowest BCUT2D eigenvalue weighted by Gasteiger charge is -2.36. The minimum absolute atomic E-state index is 0.0973. The summed E-state index contributed by atoms with van der Waals surface area (Å²) in [5, 5.41) is 5.25. The van der Waals surface area contributed by atoms with Crippen LogP contribution in [-0.2, 0) is 35.3 Å². The van der Waals surface area contributed by atoms with Crippen LogP contribution in [0.2, 0.25) is 0 Å². The number of ether oxygens (including phenoxy) is 1. The highest BCUT2D eigenvalue weighted by molar-refractivity contribution is 5.94. The molecule has 4 rings (SSSR count). The summed E-state index contributed by atoms with van der Waals surface area (Å²) in [5.41, 5.74) is 6.02. The third kappa shape index (κ3) is 8.95. The number of rotatable bonds is 11. The van der Waals surface area contributed by atoms with E-state index in [-0.39, 0.29) is 36.8 Å². The first kappa shape index (κ1) is 33.7. The van der Waals surface area contributed by atoms with E-state index >= 15 is 0 Å². The van der Waals surface area contributed by atoms with Gasteiger partial charge in [0.1, 0.15) is 24.7 Å². The number of amides is 6. The number of carbonyl (C=O) groups is 6. The molecule has 246 valence electrons. The maximum absolute atomic E-state index is 13.6. The van der Waals surface area contributed by atoms with Gasteiger partial charge in [0.2, 0.25) is 29.5 Å². The van der Waals surface area contributed by atoms with E-state index in [0.717, 1.165) is 12.0 Å². The van der Waals surface area contributed by atoms with Crippen LogP contribution in [-0.4, -0.2) is 101 Å². The van der Waals surface area contributed by atoms with Gasteiger partial charge in [-0.05, 0) is 56.4 Å². The van der Waals surface area contributed by atoms with Crippen LogP contribution >= 0.6 is 0 Å². The molecule has 0 saturated carbocycles. The number of hydrogen-bond donors (Lipinski definition) is 3. The molecule has 3 saturated heterocycles. The van der Waals surface area contributed by atoms with Gasteiger partial charge in [-0.25, -0.2) is 4.79 Å². The minimum Gasteiger partial charge on any atom is -0.445 e. The number of primary amides is 1. The molecule has 1 aromatic rings. The number of nitrogens with one attached hydrogen (secondary N) is 2. The molecule has 1 unspecified atom stereocenters. The monoisotopic (exact) mass is 626 g/mol. The highest BCUT2D eigenvalue weighted by Crippen LogP contribution is 2.28. The van der Waals surface area contributed by atoms with E-state index in [1.165, 1.54) is 4.90 Å². The van der Waals surface area contributed by atoms with Crippen molar-refractivity contribution in [2.24, 2.45) is 17.6 Å². The summed E-state index contributed by atoms with van der Waals surface area (Å²) in [7, 11) is 0. The number of nitrogens with two attached hydrogens (primary N) is 1. The van der Waals surface area contributed by atoms with E-state index in [2.05, 4.69) is 10.6 Å². The normalized spacial score (nSPS) is 21.0. The first-order valence-electron chi connectivity index (χ1n) is 16.0. The lowest BCUT2D eigenvalue weighted by molar-refractivity contribution is -0.145. The van der Waals surface area contributed by atoms with Crippen LogP contribution in [0.4, 0.5) is 4.79 Å². The van der Waals surface area contributed by atoms with E-state index in [9.17, 15) is 28.8 Å². The second-order valence-corrected chi connectivity index (χ2v) is 12.6. The summed E-state index contributed by atoms with van der Waals surface area (Å²) in [6, 6.07) is 7.26. The molecule has 45 heavy (non-hydrogen) atoms. The van der Waals surface area contributed by atoms with Crippen molar-refractivity contribution in [1.29, 1.82) is 0 Å². The van der Waals surface area contributed by atoms with Gasteiger partial charge in [0.25, 0.3) is 0 Å². The van der Waals surface area contributed by atoms with Crippen LogP contribution in [0.1, 0.15) is 64.4 Å². The lowest BCUT2D eigenvalue weighted by Crippen LogP contribution is -2.55. The number of piperidine rings is 1. The maximum atomic E-state index is 13.6. The third-order valence-electron chi connectivity index (χ3n) is 8.75. The Morgan fingerprint density at radius 1 is 0.867 bits per heavy atom. The molecule has 0 aromatic heterocycles. The lowest BCUT2D eigenvalue weighted by atomic mass is 9.94. The Morgan fingerprint density at radius 2 is 1.51 bits per heavy atom. The third-order valence-corrected chi connectivity index (χ3v) is 8.75. The Balaban J connectivity index is 1.29. The maximum Gasteiger partial charge on any atom is 0.410 e. The number of nitrogens with zero attached hydrogens (tertiary/aromatic N) is 3. The van der Waals surface area contributed by atoms with Gasteiger partial charge in [0.05, 0.1) is 6.54 Å². The summed E-state index contributed by atoms with van der Waals surface area (Å²) >= 11 is 0. The highest BCUT2D eigenvalue weighted by atomic mass is 16.6. The first-order valence-corrected chi connectivity index (χ1v) is 16.0. The Labute approximate surface area is 264 Å². The largest absolute Gasteiger partial charge is 0.445 e. The van der Waals surface area contributed by atoms with Crippen molar-refractivity contribution < 1.29 is 33.5 Å². The fourth-order valence-electron chi connectivity index (χ4n) is 6.41. The number of carbonyl (C=O) groups excluding carboxylic acids is 6. The fourth-order valence-corrected chi connectivity index (χ4v) is 6.41. The minimum atomic E-state index is -0.852. The molecule has 0 bridgehead atoms. The number of benzene rings is 1. The molecule has 4 N–H and O–H groups in total. The molecule has 6 amide bonds. The number of hydrogen-bond acceptors (Lipinski definition) is 7. The molecular formula is C32H46N6O7. The summed E-state index contributed by atoms with van der Waals surface area (Å²) in [5.74, 6) is -2.05. The van der Waals surface area contributed by atoms with Gasteiger partial charge in [0, 0.05) is 32.1 Å². The predicted molar refractivity (Wildman–Crippen MR) is 164 cm³/mol. The second kappa shape index (κ2) is 15.7. The van der Waals surface area contributed by atoms with Gasteiger partial charge < -0.3 is 30.9 Å². The predicted octanol–water partition coefficient (Wildman–Crippen LogP) is 1.15. The van der Waals surface area contributed by atoms with E-state index in [1.807, 2.05) is 44.2 Å². The van der Waals surface area contributed by atoms with Gasteiger partial charge in [-0.3, -0.25) is 28.9 Å². The quantitative estimate of drug-likeness (QED) is 0.331. The molecule has 0 aliphatic carbocycles. The zero-order valence-electron chi connectivity index (χ0n) is 26.2. The van der Waals surface area contributed by atoms with Gasteiger partial charge in [-0.15, -0.1) is 0 Å². The molecule has 3 aliphatic heterocycles. The summed E-state index contributed by atoms with van der Waals surface area (Å²) < 4.78 is 5.48. The molecule has 3 fully saturated rings. The first-order chi connectivity index (χ1) is 21.5. The zero-order chi connectivity index (χ0) is 32.5. The molecule has 3 atom stereocenters. The summed E-state index contributed by atoms with van der Waals surface area (Å²) in [6.45, 7) is 5.34. The van der Waals surface area contributed by atoms with Crippen LogP contribution in [0, 0.1) is 11.8 Å². The van der Waals surface area contributed by atoms with Crippen LogP contribution < -0.4 is 16.4 Å². The van der Waals surface area contributed by atoms with E-state index in [4.69, 9.17) is 10.5 Å². The Hall–Kier alpha value is -4.16. The summed E-state index contributed by atoms with van der Waals surface area (Å²) in [4.78, 5) is 81.8. The van der Waals surface area contributed by atoms with E-state index < -0.39 is 41.9 Å². The summed E-state index contributed by atoms with van der Waals surface area (Å²) in [6.07, 6.45) is 3.24. The van der Waals surface area contributed by atoms with Crippen molar-refractivity contribution in [3.63, 3.8) is 0 Å². The fraction of sp³-hybridized carbons (Fsp3) is 0.625. The Morgan fingerprint density at radius 3 is 2.16 bits per heavy atom. The molecular weight excluding hydrogens is 580 g/mol. The second-order valence-electron chi connectivity index (χ2n) is 12.6. The molecule has 3 heterocycles. The molecule has 13 nitrogen and oxygen atoms in total. The van der Waals surface area contributed by atoms with Crippen LogP contribution in [0.5, 0.6) is 0 Å². The molecule has 3 aliphatic rings. The molecule has 1 aromatic carbocycles. The van der Waals surface area contributed by atoms with Crippen molar-refractivity contribution in [1.82, 2.24) is 25.3 Å².